The zero-order valence-electron chi connectivity index (χ0n) is 11.6. The highest BCUT2D eigenvalue weighted by Crippen LogP contribution is 1.98. The van der Waals surface area contributed by atoms with Crippen molar-refractivity contribution in [3.8, 4) is 0 Å². The normalized spacial score (nSPS) is 9.90. The van der Waals surface area contributed by atoms with E-state index in [0.29, 0.717) is 18.7 Å². The third kappa shape index (κ3) is 5.06. The summed E-state index contributed by atoms with van der Waals surface area (Å²) in [5, 5.41) is 5.13. The molecule has 108 valence electrons. The van der Waals surface area contributed by atoms with Crippen molar-refractivity contribution in [2.45, 2.75) is 13.0 Å². The number of pyridine rings is 1. The molecule has 1 aromatic heterocycles. The molecule has 21 heavy (non-hydrogen) atoms. The molecule has 5 heteroatoms. The molecule has 0 aliphatic heterocycles. The number of hydrogen-bond donors (Lipinski definition) is 2. The second kappa shape index (κ2) is 7.79. The van der Waals surface area contributed by atoms with Crippen LogP contribution in [0.2, 0.25) is 0 Å². The van der Waals surface area contributed by atoms with Gasteiger partial charge >= 0.3 is 11.8 Å². The Hall–Kier alpha value is -2.69. The van der Waals surface area contributed by atoms with Crippen LogP contribution in [0.25, 0.3) is 0 Å². The number of rotatable bonds is 5. The molecule has 5 nitrogen and oxygen atoms in total. The molecule has 0 aliphatic carbocycles. The van der Waals surface area contributed by atoms with Crippen LogP contribution in [-0.2, 0) is 22.6 Å². The maximum absolute atomic E-state index is 11.6. The lowest BCUT2D eigenvalue weighted by Gasteiger charge is -2.06. The summed E-state index contributed by atoms with van der Waals surface area (Å²) in [6.45, 7) is 0.672. The SMILES string of the molecule is O=C(NCCc1ccccc1)C(=O)NCc1ccccn1. The third-order valence-corrected chi connectivity index (χ3v) is 2.90. The predicted molar refractivity (Wildman–Crippen MR) is 79.2 cm³/mol. The fourth-order valence-corrected chi connectivity index (χ4v) is 1.80. The summed E-state index contributed by atoms with van der Waals surface area (Å²) in [4.78, 5) is 27.3. The Morgan fingerprint density at radius 2 is 1.62 bits per heavy atom. The summed E-state index contributed by atoms with van der Waals surface area (Å²) in [6, 6.07) is 15.2. The van der Waals surface area contributed by atoms with Gasteiger partial charge in [0, 0.05) is 12.7 Å². The van der Waals surface area contributed by atoms with E-state index in [-0.39, 0.29) is 6.54 Å². The van der Waals surface area contributed by atoms with Gasteiger partial charge in [0.05, 0.1) is 12.2 Å². The van der Waals surface area contributed by atoms with Crippen molar-refractivity contribution < 1.29 is 9.59 Å². The van der Waals surface area contributed by atoms with Crippen molar-refractivity contribution in [2.75, 3.05) is 6.54 Å². The predicted octanol–water partition coefficient (Wildman–Crippen LogP) is 1.06. The van der Waals surface area contributed by atoms with E-state index in [1.807, 2.05) is 36.4 Å². The number of amides is 2. The molecular formula is C16H17N3O2. The van der Waals surface area contributed by atoms with E-state index in [1.54, 1.807) is 18.3 Å². The second-order valence-electron chi connectivity index (χ2n) is 4.50. The van der Waals surface area contributed by atoms with Gasteiger partial charge in [0.1, 0.15) is 0 Å². The van der Waals surface area contributed by atoms with Crippen LogP contribution in [0.15, 0.2) is 54.7 Å². The van der Waals surface area contributed by atoms with Gasteiger partial charge in [-0.1, -0.05) is 36.4 Å². The molecule has 2 amide bonds. The smallest absolute Gasteiger partial charge is 0.309 e. The first-order chi connectivity index (χ1) is 10.3. The average Bonchev–Trinajstić information content (AvgIpc) is 2.54. The van der Waals surface area contributed by atoms with Gasteiger partial charge < -0.3 is 10.6 Å². The van der Waals surface area contributed by atoms with Crippen molar-refractivity contribution in [3.05, 3.63) is 66.0 Å². The van der Waals surface area contributed by atoms with E-state index in [4.69, 9.17) is 0 Å². The number of carbonyl (C=O) groups excluding carboxylic acids is 2. The molecule has 1 heterocycles. The first kappa shape index (κ1) is 14.7. The molecule has 0 unspecified atom stereocenters. The van der Waals surface area contributed by atoms with Gasteiger partial charge in [-0.2, -0.15) is 0 Å². The molecule has 2 N–H and O–H groups in total. The molecule has 1 aromatic carbocycles. The molecular weight excluding hydrogens is 266 g/mol. The van der Waals surface area contributed by atoms with Crippen LogP contribution < -0.4 is 10.6 Å². The molecule has 0 fully saturated rings. The highest BCUT2D eigenvalue weighted by Gasteiger charge is 2.12. The van der Waals surface area contributed by atoms with Crippen molar-refractivity contribution in [1.29, 1.82) is 0 Å². The van der Waals surface area contributed by atoms with E-state index in [1.165, 1.54) is 0 Å². The highest BCUT2D eigenvalue weighted by molar-refractivity contribution is 6.35. The largest absolute Gasteiger partial charge is 0.348 e. The van der Waals surface area contributed by atoms with Crippen molar-refractivity contribution in [2.24, 2.45) is 0 Å². The summed E-state index contributed by atoms with van der Waals surface area (Å²) in [5.74, 6) is -1.27. The minimum atomic E-state index is -0.645. The first-order valence-corrected chi connectivity index (χ1v) is 6.75. The number of aromatic nitrogens is 1. The van der Waals surface area contributed by atoms with Gasteiger partial charge in [-0.25, -0.2) is 0 Å². The Morgan fingerprint density at radius 3 is 2.33 bits per heavy atom. The topological polar surface area (TPSA) is 71.1 Å². The van der Waals surface area contributed by atoms with Crippen molar-refractivity contribution in [3.63, 3.8) is 0 Å². The number of hydrogen-bond acceptors (Lipinski definition) is 3. The fraction of sp³-hybridized carbons (Fsp3) is 0.188. The van der Waals surface area contributed by atoms with Gasteiger partial charge in [0.2, 0.25) is 0 Å². The standard InChI is InChI=1S/C16H17N3O2/c20-15(18-11-9-13-6-2-1-3-7-13)16(21)19-12-14-8-4-5-10-17-14/h1-8,10H,9,11-12H2,(H,18,20)(H,19,21). The first-order valence-electron chi connectivity index (χ1n) is 6.75. The molecule has 2 aromatic rings. The van der Waals surface area contributed by atoms with E-state index < -0.39 is 11.8 Å². The van der Waals surface area contributed by atoms with Gasteiger partial charge in [0.25, 0.3) is 0 Å². The minimum absolute atomic E-state index is 0.242. The maximum Gasteiger partial charge on any atom is 0.309 e. The lowest BCUT2D eigenvalue weighted by atomic mass is 10.1. The number of nitrogens with zero attached hydrogens (tertiary/aromatic N) is 1. The quantitative estimate of drug-likeness (QED) is 0.806. The van der Waals surface area contributed by atoms with Crippen LogP contribution in [0.4, 0.5) is 0 Å². The zero-order valence-corrected chi connectivity index (χ0v) is 11.6. The molecule has 0 saturated carbocycles. The van der Waals surface area contributed by atoms with Crippen molar-refractivity contribution >= 4 is 11.8 Å². The van der Waals surface area contributed by atoms with Crippen LogP contribution in [0, 0.1) is 0 Å². The van der Waals surface area contributed by atoms with Crippen LogP contribution in [-0.4, -0.2) is 23.3 Å². The van der Waals surface area contributed by atoms with Gasteiger partial charge in [-0.05, 0) is 24.1 Å². The summed E-state index contributed by atoms with van der Waals surface area (Å²) in [5.41, 5.74) is 1.83. The number of carbonyl (C=O) groups is 2. The maximum atomic E-state index is 11.6. The van der Waals surface area contributed by atoms with Gasteiger partial charge in [-0.15, -0.1) is 0 Å². The van der Waals surface area contributed by atoms with Crippen LogP contribution >= 0.6 is 0 Å². The molecule has 0 bridgehead atoms. The van der Waals surface area contributed by atoms with E-state index >= 15 is 0 Å². The Balaban J connectivity index is 1.69. The molecule has 2 rings (SSSR count). The Morgan fingerprint density at radius 1 is 0.905 bits per heavy atom. The second-order valence-corrected chi connectivity index (χ2v) is 4.50. The fourth-order valence-electron chi connectivity index (χ4n) is 1.80. The van der Waals surface area contributed by atoms with Gasteiger partial charge in [0.15, 0.2) is 0 Å². The van der Waals surface area contributed by atoms with Crippen LogP contribution in [0.3, 0.4) is 0 Å². The highest BCUT2D eigenvalue weighted by atomic mass is 16.2. The number of benzene rings is 1. The minimum Gasteiger partial charge on any atom is -0.348 e. The summed E-state index contributed by atoms with van der Waals surface area (Å²) in [7, 11) is 0. The monoisotopic (exact) mass is 283 g/mol. The zero-order chi connectivity index (χ0) is 14.9. The lowest BCUT2D eigenvalue weighted by molar-refractivity contribution is -0.139. The third-order valence-electron chi connectivity index (χ3n) is 2.90. The summed E-state index contributed by atoms with van der Waals surface area (Å²) >= 11 is 0. The molecule has 0 spiro atoms. The lowest BCUT2D eigenvalue weighted by Crippen LogP contribution is -2.40. The summed E-state index contributed by atoms with van der Waals surface area (Å²) < 4.78 is 0. The van der Waals surface area contributed by atoms with E-state index in [9.17, 15) is 9.59 Å². The van der Waals surface area contributed by atoms with Crippen LogP contribution in [0.1, 0.15) is 11.3 Å². The Kier molecular flexibility index (Phi) is 5.46. The molecule has 0 saturated heterocycles. The van der Waals surface area contributed by atoms with E-state index in [2.05, 4.69) is 15.6 Å². The Labute approximate surface area is 123 Å². The summed E-state index contributed by atoms with van der Waals surface area (Å²) in [6.07, 6.45) is 2.33. The average molecular weight is 283 g/mol. The molecule has 0 aliphatic rings. The van der Waals surface area contributed by atoms with Crippen LogP contribution in [0.5, 0.6) is 0 Å². The Bertz CT molecular complexity index is 585. The number of nitrogens with one attached hydrogen (secondary N) is 2. The molecule has 0 radical (unpaired) electrons. The van der Waals surface area contributed by atoms with Crippen molar-refractivity contribution in [1.82, 2.24) is 15.6 Å². The van der Waals surface area contributed by atoms with Gasteiger partial charge in [-0.3, -0.25) is 14.6 Å². The molecule has 0 atom stereocenters. The van der Waals surface area contributed by atoms with E-state index in [0.717, 1.165) is 5.56 Å².